The van der Waals surface area contributed by atoms with Crippen molar-refractivity contribution in [1.82, 2.24) is 14.5 Å². The summed E-state index contributed by atoms with van der Waals surface area (Å²) in [5.41, 5.74) is 2.65. The van der Waals surface area contributed by atoms with Crippen LogP contribution in [-0.2, 0) is 23.7 Å². The zero-order valence-corrected chi connectivity index (χ0v) is 20.2. The van der Waals surface area contributed by atoms with Gasteiger partial charge < -0.3 is 30.6 Å². The van der Waals surface area contributed by atoms with E-state index in [4.69, 9.17) is 33.9 Å². The van der Waals surface area contributed by atoms with Crippen molar-refractivity contribution in [3.05, 3.63) is 47.5 Å². The van der Waals surface area contributed by atoms with Crippen molar-refractivity contribution in [3.8, 4) is 0 Å². The molecular weight excluding hydrogens is 592 g/mol. The molecule has 222 valence electrons. The first-order valence-electron chi connectivity index (χ1n) is 10.5. The van der Waals surface area contributed by atoms with Gasteiger partial charge in [0.15, 0.2) is 12.8 Å². The summed E-state index contributed by atoms with van der Waals surface area (Å²) in [5.74, 6) is -0.205. The molecule has 21 heteroatoms. The summed E-state index contributed by atoms with van der Waals surface area (Å²) in [6.07, 6.45) is -12.9. The van der Waals surface area contributed by atoms with Gasteiger partial charge in [-0.05, 0) is 23.8 Å². The van der Waals surface area contributed by atoms with Gasteiger partial charge in [0.05, 0.1) is 17.7 Å². The van der Waals surface area contributed by atoms with Crippen LogP contribution in [0.1, 0.15) is 22.9 Å². The summed E-state index contributed by atoms with van der Waals surface area (Å²) in [5, 5.41) is 29.4. The number of aliphatic hydroxyl groups is 3. The van der Waals surface area contributed by atoms with Crippen LogP contribution in [0.4, 0.5) is 32.2 Å². The summed E-state index contributed by atoms with van der Waals surface area (Å²) in [4.78, 5) is 13.3. The highest BCUT2D eigenvalue weighted by Crippen LogP contribution is 2.36. The van der Waals surface area contributed by atoms with E-state index in [1.54, 1.807) is 0 Å². The smallest absolute Gasteiger partial charge is 0.394 e. The van der Waals surface area contributed by atoms with Crippen molar-refractivity contribution in [2.45, 2.75) is 43.5 Å². The van der Waals surface area contributed by atoms with E-state index in [0.29, 0.717) is 12.1 Å². The molecule has 0 radical (unpaired) electrons. The van der Waals surface area contributed by atoms with Crippen molar-refractivity contribution in [3.63, 3.8) is 0 Å². The number of alkyl halides is 6. The summed E-state index contributed by atoms with van der Waals surface area (Å²) in [6, 6.07) is 1.05. The average molecular weight is 610 g/mol. The quantitative estimate of drug-likeness (QED) is 0.159. The second-order valence-electron chi connectivity index (χ2n) is 8.07. The number of nitrogens with zero attached hydrogens (tertiary/aromatic N) is 4. The van der Waals surface area contributed by atoms with E-state index in [1.807, 2.05) is 0 Å². The van der Waals surface area contributed by atoms with E-state index in [9.17, 15) is 41.7 Å². The molecule has 1 aliphatic heterocycles. The normalized spacial score (nSPS) is 21.8. The van der Waals surface area contributed by atoms with E-state index in [1.165, 1.54) is 10.9 Å². The van der Waals surface area contributed by atoms with Crippen LogP contribution in [-0.4, -0.2) is 54.8 Å². The highest BCUT2D eigenvalue weighted by atomic mass is 35.7. The van der Waals surface area contributed by atoms with Gasteiger partial charge in [0, 0.05) is 0 Å². The lowest BCUT2D eigenvalue weighted by Crippen LogP contribution is -2.68. The Morgan fingerprint density at radius 3 is 2.02 bits per heavy atom. The van der Waals surface area contributed by atoms with Crippen LogP contribution >= 0.6 is 0 Å². The second-order valence-corrected chi connectivity index (χ2v) is 8.83. The molecule has 4 atom stereocenters. The molecule has 14 nitrogen and oxygen atoms in total. The predicted octanol–water partition coefficient (Wildman–Crippen LogP) is -4.18. The number of benzene rings is 1. The number of fused-ring (bicyclic) bond motifs is 1. The van der Waals surface area contributed by atoms with Crippen molar-refractivity contribution in [1.29, 1.82) is 0 Å². The molecule has 0 amide bonds. The molecule has 0 bridgehead atoms. The Kier molecular flexibility index (Phi) is 8.98. The Hall–Kier alpha value is -3.08. The highest BCUT2D eigenvalue weighted by molar-refractivity contribution is 5.79. The zero-order valence-electron chi connectivity index (χ0n) is 19.4. The molecule has 1 fully saturated rings. The maximum Gasteiger partial charge on any atom is 0.416 e. The molecule has 0 unspecified atom stereocenters. The van der Waals surface area contributed by atoms with E-state index < -0.39 is 77.0 Å². The third-order valence-corrected chi connectivity index (χ3v) is 5.34. The van der Waals surface area contributed by atoms with Gasteiger partial charge in [0.1, 0.15) is 24.6 Å². The molecular formula is C19H18ClF6N5O9. The lowest BCUT2D eigenvalue weighted by atomic mass is 10.1. The molecule has 2 aromatic heterocycles. The number of aliphatic hydroxyl groups excluding tert-OH is 3. The first-order chi connectivity index (χ1) is 18.3. The number of nitrogens with two attached hydrogens (primary N) is 1. The van der Waals surface area contributed by atoms with Gasteiger partial charge in [0.25, 0.3) is 12.1 Å². The van der Waals surface area contributed by atoms with Crippen LogP contribution < -0.4 is 33.9 Å². The van der Waals surface area contributed by atoms with Gasteiger partial charge >= 0.3 is 12.4 Å². The maximum absolute atomic E-state index is 13.1. The fourth-order valence-corrected chi connectivity index (χ4v) is 3.58. The fourth-order valence-electron chi connectivity index (χ4n) is 3.58. The number of ether oxygens (including phenoxy) is 1. The summed E-state index contributed by atoms with van der Waals surface area (Å²) in [6.45, 7) is -1.28. The number of nitrogen functional groups attached to an aromatic ring is 1. The van der Waals surface area contributed by atoms with Crippen LogP contribution in [0.2, 0.25) is 0 Å². The number of imidazole rings is 1. The predicted molar refractivity (Wildman–Crippen MR) is 102 cm³/mol. The summed E-state index contributed by atoms with van der Waals surface area (Å²) < 4.78 is 120. The van der Waals surface area contributed by atoms with Gasteiger partial charge in [0.2, 0.25) is 11.2 Å². The van der Waals surface area contributed by atoms with Crippen LogP contribution in [0.3, 0.4) is 0 Å². The first kappa shape index (κ1) is 31.4. The van der Waals surface area contributed by atoms with E-state index in [2.05, 4.69) is 9.97 Å². The Morgan fingerprint density at radius 1 is 1.00 bits per heavy atom. The van der Waals surface area contributed by atoms with Crippen molar-refractivity contribution < 1.29 is 84.8 Å². The molecule has 3 heterocycles. The number of halogens is 7. The molecule has 3 aromatic rings. The van der Waals surface area contributed by atoms with Crippen LogP contribution in [0.5, 0.6) is 0 Å². The first-order valence-corrected chi connectivity index (χ1v) is 11.7. The fraction of sp³-hybridized carbons (Fsp3) is 0.421. The lowest BCUT2D eigenvalue weighted by Gasteiger charge is -2.17. The molecule has 0 saturated carbocycles. The largest absolute Gasteiger partial charge is 0.416 e. The Bertz CT molecular complexity index is 1300. The Morgan fingerprint density at radius 2 is 1.55 bits per heavy atom. The summed E-state index contributed by atoms with van der Waals surface area (Å²) >= 11 is 0. The molecule has 1 aliphatic rings. The molecule has 1 aromatic carbocycles. The minimum atomic E-state index is -5.01. The van der Waals surface area contributed by atoms with Gasteiger partial charge in [-0.1, -0.05) is 9.71 Å². The number of hydrogen-bond donors (Lipinski definition) is 4. The van der Waals surface area contributed by atoms with E-state index in [-0.39, 0.29) is 23.0 Å². The van der Waals surface area contributed by atoms with Gasteiger partial charge in [-0.3, -0.25) is 4.57 Å². The van der Waals surface area contributed by atoms with Crippen LogP contribution in [0.15, 0.2) is 30.9 Å². The second kappa shape index (κ2) is 11.4. The molecule has 1 saturated heterocycles. The minimum absolute atomic E-state index is 0.00303. The average Bonchev–Trinajstić information content (AvgIpc) is 3.37. The number of aromatic nitrogens is 4. The zero-order chi connectivity index (χ0) is 30.2. The standard InChI is InChI=1S/C19H17F6N5O5.ClHO4/c20-18(21,22)9-1-8(2-10(3-9)19(23,24)25)5-34-30-7-28-16-12(15(30)26)27-6-29(16)17-14(33)13(32)11(4-31)35-17;2-1(3,4)5/h1-3,6-7,11,13-14,17,26,31-33H,4-5H2;(H,2,3,4,5)/t11-,13-,14-,17-;/m1./s1. The third kappa shape index (κ3) is 7.35. The van der Waals surface area contributed by atoms with E-state index >= 15 is 0 Å². The third-order valence-electron chi connectivity index (χ3n) is 5.34. The van der Waals surface area contributed by atoms with Crippen LogP contribution in [0.25, 0.3) is 11.2 Å². The Labute approximate surface area is 220 Å². The Balaban J connectivity index is 0.000000810. The maximum atomic E-state index is 13.1. The number of anilines is 1. The van der Waals surface area contributed by atoms with Gasteiger partial charge in [-0.15, -0.1) is 10.2 Å². The molecule has 4 rings (SSSR count). The molecule has 5 N–H and O–H groups in total. The summed E-state index contributed by atoms with van der Waals surface area (Å²) in [7, 11) is -4.94. The number of rotatable bonds is 5. The number of hydrogen-bond acceptors (Lipinski definition) is 12. The van der Waals surface area contributed by atoms with Crippen LogP contribution in [0, 0.1) is 10.2 Å². The van der Waals surface area contributed by atoms with Gasteiger partial charge in [-0.2, -0.15) is 26.3 Å². The topological polar surface area (TPSA) is 232 Å². The molecule has 0 aliphatic carbocycles. The van der Waals surface area contributed by atoms with Crippen molar-refractivity contribution >= 4 is 17.0 Å². The highest BCUT2D eigenvalue weighted by Gasteiger charge is 2.44. The van der Waals surface area contributed by atoms with Crippen molar-refractivity contribution in [2.24, 2.45) is 0 Å². The SMILES string of the molecule is Nc1c2ncn([C@@H]3O[C@H](CO)[C@@H](O)[C@H]3O)c2nc[n+]1OCc1cc(C(F)(F)F)cc(C(F)(F)F)c1.[O-][Cl+3]([O-])([O-])[O-]. The molecule has 0 spiro atoms. The van der Waals surface area contributed by atoms with Gasteiger partial charge in [-0.25, -0.2) is 23.6 Å². The monoisotopic (exact) mass is 609 g/mol. The minimum Gasteiger partial charge on any atom is -0.394 e. The molecule has 40 heavy (non-hydrogen) atoms. The van der Waals surface area contributed by atoms with Crippen molar-refractivity contribution in [2.75, 3.05) is 12.3 Å². The van der Waals surface area contributed by atoms with E-state index in [0.717, 1.165) is 11.1 Å². The lowest BCUT2D eigenvalue weighted by molar-refractivity contribution is -2.00.